The van der Waals surface area contributed by atoms with E-state index < -0.39 is 5.54 Å². The first kappa shape index (κ1) is 20.7. The SMILES string of the molecule is C=C/C=C\C=C(/C=C)C1(/C(C=C)=C/C=C)NC(C=C)=C(/C=C\C=C)C1=O. The molecule has 1 heterocycles. The van der Waals surface area contributed by atoms with Crippen molar-refractivity contribution in [3.8, 4) is 0 Å². The van der Waals surface area contributed by atoms with Crippen LogP contribution in [0.1, 0.15) is 0 Å². The Bertz CT molecular complexity index is 796. The molecular weight excluding hydrogens is 318 g/mol. The van der Waals surface area contributed by atoms with Crippen LogP contribution in [0, 0.1) is 0 Å². The van der Waals surface area contributed by atoms with Crippen LogP contribution in [0.2, 0.25) is 0 Å². The average Bonchev–Trinajstić information content (AvgIpc) is 2.94. The van der Waals surface area contributed by atoms with Crippen LogP contribution in [0.3, 0.4) is 0 Å². The number of rotatable bonds is 10. The maximum atomic E-state index is 13.5. The predicted molar refractivity (Wildman–Crippen MR) is 114 cm³/mol. The maximum Gasteiger partial charge on any atom is 0.199 e. The molecular formula is C24H25NO. The normalized spacial score (nSPS) is 21.0. The molecule has 1 unspecified atom stereocenters. The van der Waals surface area contributed by atoms with Gasteiger partial charge in [-0.3, -0.25) is 4.79 Å². The zero-order chi connectivity index (χ0) is 19.6. The van der Waals surface area contributed by atoms with Crippen LogP contribution >= 0.6 is 0 Å². The molecule has 1 atom stereocenters. The van der Waals surface area contributed by atoms with Gasteiger partial charge in [0.25, 0.3) is 0 Å². The third kappa shape index (κ3) is 3.81. The minimum absolute atomic E-state index is 0.128. The Balaban J connectivity index is 3.77. The van der Waals surface area contributed by atoms with Crippen molar-refractivity contribution in [1.82, 2.24) is 5.32 Å². The fraction of sp³-hybridized carbons (Fsp3) is 0.0417. The maximum absolute atomic E-state index is 13.5. The van der Waals surface area contributed by atoms with Crippen molar-refractivity contribution in [3.05, 3.63) is 135 Å². The van der Waals surface area contributed by atoms with Gasteiger partial charge in [0, 0.05) is 11.3 Å². The van der Waals surface area contributed by atoms with Crippen molar-refractivity contribution in [1.29, 1.82) is 0 Å². The Hall–Kier alpha value is -3.39. The summed E-state index contributed by atoms with van der Waals surface area (Å²) in [5.41, 5.74) is 1.32. The molecule has 0 aromatic rings. The van der Waals surface area contributed by atoms with E-state index in [2.05, 4.69) is 44.8 Å². The first-order chi connectivity index (χ1) is 12.6. The van der Waals surface area contributed by atoms with Gasteiger partial charge in [-0.15, -0.1) is 0 Å². The molecule has 0 fully saturated rings. The molecule has 0 bridgehead atoms. The summed E-state index contributed by atoms with van der Waals surface area (Å²) in [5, 5.41) is 3.32. The lowest BCUT2D eigenvalue weighted by Gasteiger charge is -2.32. The smallest absolute Gasteiger partial charge is 0.199 e. The van der Waals surface area contributed by atoms with Crippen molar-refractivity contribution in [2.75, 3.05) is 0 Å². The first-order valence-electron chi connectivity index (χ1n) is 8.14. The number of carbonyl (C=O) groups is 1. The van der Waals surface area contributed by atoms with Gasteiger partial charge < -0.3 is 5.32 Å². The van der Waals surface area contributed by atoms with Gasteiger partial charge in [0.15, 0.2) is 11.3 Å². The standard InChI is InChI=1S/C24H25NO/c1-7-13-15-17-20(11-5)24(19(10-4)16-9-3)23(26)21(18-14-8-2)22(12-6)25-24/h7-18,25H,1-6H2/b15-13-,18-14-,19-16+,20-17+. The number of Topliss-reactive ketones (excluding diaryl/α,β-unsaturated/α-hetero) is 1. The van der Waals surface area contributed by atoms with Gasteiger partial charge in [-0.2, -0.15) is 0 Å². The summed E-state index contributed by atoms with van der Waals surface area (Å²) in [6.45, 7) is 22.7. The highest BCUT2D eigenvalue weighted by Gasteiger charge is 2.49. The van der Waals surface area contributed by atoms with Crippen LogP contribution in [0.15, 0.2) is 135 Å². The van der Waals surface area contributed by atoms with Crippen LogP contribution in [-0.4, -0.2) is 11.3 Å². The van der Waals surface area contributed by atoms with Crippen LogP contribution in [0.4, 0.5) is 0 Å². The van der Waals surface area contributed by atoms with E-state index in [0.717, 1.165) is 0 Å². The Morgan fingerprint density at radius 2 is 1.42 bits per heavy atom. The van der Waals surface area contributed by atoms with Crippen LogP contribution in [0.25, 0.3) is 0 Å². The molecule has 0 aromatic heterocycles. The molecule has 1 aliphatic rings. The molecule has 1 aliphatic heterocycles. The number of allylic oxidation sites excluding steroid dienone is 10. The van der Waals surface area contributed by atoms with E-state index in [1.54, 1.807) is 66.8 Å². The first-order valence-corrected chi connectivity index (χ1v) is 8.14. The number of nitrogens with one attached hydrogen (secondary N) is 1. The summed E-state index contributed by atoms with van der Waals surface area (Å²) < 4.78 is 0. The molecule has 0 saturated carbocycles. The number of hydrogen-bond donors (Lipinski definition) is 1. The Morgan fingerprint density at radius 1 is 0.808 bits per heavy atom. The summed E-state index contributed by atoms with van der Waals surface area (Å²) in [5.74, 6) is -0.128. The third-order valence-electron chi connectivity index (χ3n) is 3.93. The fourth-order valence-corrected chi connectivity index (χ4v) is 2.77. The van der Waals surface area contributed by atoms with E-state index >= 15 is 0 Å². The molecule has 26 heavy (non-hydrogen) atoms. The molecule has 2 heteroatoms. The minimum Gasteiger partial charge on any atom is -0.365 e. The fourth-order valence-electron chi connectivity index (χ4n) is 2.77. The molecule has 1 rings (SSSR count). The molecule has 132 valence electrons. The third-order valence-corrected chi connectivity index (χ3v) is 3.93. The van der Waals surface area contributed by atoms with E-state index in [1.165, 1.54) is 0 Å². The van der Waals surface area contributed by atoms with Gasteiger partial charge in [0.2, 0.25) is 0 Å². The quantitative estimate of drug-likeness (QED) is 0.550. The highest BCUT2D eigenvalue weighted by Crippen LogP contribution is 2.38. The van der Waals surface area contributed by atoms with Crippen LogP contribution in [-0.2, 0) is 4.79 Å². The number of hydrogen-bond acceptors (Lipinski definition) is 2. The second kappa shape index (κ2) is 9.80. The summed E-state index contributed by atoms with van der Waals surface area (Å²) in [6, 6.07) is 0. The molecule has 0 aliphatic carbocycles. The summed E-state index contributed by atoms with van der Waals surface area (Å²) >= 11 is 0. The molecule has 0 aromatic carbocycles. The highest BCUT2D eigenvalue weighted by molar-refractivity contribution is 6.13. The Kier molecular flexibility index (Phi) is 7.78. The lowest BCUT2D eigenvalue weighted by molar-refractivity contribution is -0.117. The molecule has 1 N–H and O–H groups in total. The largest absolute Gasteiger partial charge is 0.365 e. The van der Waals surface area contributed by atoms with Crippen molar-refractivity contribution in [2.24, 2.45) is 0 Å². The summed E-state index contributed by atoms with van der Waals surface area (Å²) in [4.78, 5) is 13.5. The van der Waals surface area contributed by atoms with Gasteiger partial charge in [-0.25, -0.2) is 0 Å². The zero-order valence-electron chi connectivity index (χ0n) is 15.1. The van der Waals surface area contributed by atoms with Crippen molar-refractivity contribution in [3.63, 3.8) is 0 Å². The Morgan fingerprint density at radius 3 is 1.92 bits per heavy atom. The summed E-state index contributed by atoms with van der Waals surface area (Å²) in [7, 11) is 0. The number of ketones is 1. The van der Waals surface area contributed by atoms with Crippen LogP contribution < -0.4 is 5.32 Å². The predicted octanol–water partition coefficient (Wildman–Crippen LogP) is 5.23. The van der Waals surface area contributed by atoms with E-state index in [9.17, 15) is 4.79 Å². The van der Waals surface area contributed by atoms with Gasteiger partial charge >= 0.3 is 0 Å². The highest BCUT2D eigenvalue weighted by atomic mass is 16.1. The Labute approximate surface area is 156 Å². The summed E-state index contributed by atoms with van der Waals surface area (Å²) in [6.07, 6.45) is 20.4. The molecule has 0 radical (unpaired) electrons. The van der Waals surface area contributed by atoms with Crippen molar-refractivity contribution in [2.45, 2.75) is 5.54 Å². The topological polar surface area (TPSA) is 29.1 Å². The van der Waals surface area contributed by atoms with E-state index in [0.29, 0.717) is 22.4 Å². The van der Waals surface area contributed by atoms with Crippen molar-refractivity contribution < 1.29 is 4.79 Å². The molecule has 2 nitrogen and oxygen atoms in total. The van der Waals surface area contributed by atoms with E-state index in [1.807, 2.05) is 6.08 Å². The van der Waals surface area contributed by atoms with Crippen molar-refractivity contribution >= 4 is 5.78 Å². The molecule has 0 amide bonds. The van der Waals surface area contributed by atoms with Gasteiger partial charge in [-0.1, -0.05) is 100 Å². The van der Waals surface area contributed by atoms with Gasteiger partial charge in [-0.05, 0) is 23.3 Å². The molecule has 0 saturated heterocycles. The second-order valence-corrected chi connectivity index (χ2v) is 5.34. The minimum atomic E-state index is -1.16. The second-order valence-electron chi connectivity index (χ2n) is 5.34. The van der Waals surface area contributed by atoms with E-state index in [-0.39, 0.29) is 5.78 Å². The van der Waals surface area contributed by atoms with E-state index in [4.69, 9.17) is 0 Å². The lowest BCUT2D eigenvalue weighted by Crippen LogP contribution is -2.49. The average molecular weight is 343 g/mol. The van der Waals surface area contributed by atoms with Crippen LogP contribution in [0.5, 0.6) is 0 Å². The molecule has 0 spiro atoms. The number of carbonyl (C=O) groups excluding carboxylic acids is 1. The zero-order valence-corrected chi connectivity index (χ0v) is 15.1. The monoisotopic (exact) mass is 343 g/mol. The van der Waals surface area contributed by atoms with Gasteiger partial charge in [0.1, 0.15) is 0 Å². The van der Waals surface area contributed by atoms with Gasteiger partial charge in [0.05, 0.1) is 0 Å². The lowest BCUT2D eigenvalue weighted by atomic mass is 9.77.